The summed E-state index contributed by atoms with van der Waals surface area (Å²) in [7, 11) is -1.31. The van der Waals surface area contributed by atoms with Gasteiger partial charge in [-0.25, -0.2) is 0 Å². The van der Waals surface area contributed by atoms with Crippen molar-refractivity contribution in [3.8, 4) is 5.75 Å². The largest absolute Gasteiger partial charge is 0.425 e. The first-order valence-corrected chi connectivity index (χ1v) is 6.53. The molecule has 0 saturated carbocycles. The van der Waals surface area contributed by atoms with E-state index in [1.165, 1.54) is 0 Å². The van der Waals surface area contributed by atoms with Gasteiger partial charge in [-0.3, -0.25) is 0 Å². The van der Waals surface area contributed by atoms with Crippen molar-refractivity contribution in [3.05, 3.63) is 29.3 Å². The summed E-state index contributed by atoms with van der Waals surface area (Å²) in [5.41, 5.74) is 0.0582. The highest BCUT2D eigenvalue weighted by molar-refractivity contribution is 7.42. The molecule has 1 fully saturated rings. The van der Waals surface area contributed by atoms with Crippen molar-refractivity contribution in [1.29, 1.82) is 0 Å². The molecule has 16 heavy (non-hydrogen) atoms. The fourth-order valence-electron chi connectivity index (χ4n) is 1.19. The molecule has 1 aromatic rings. The first-order chi connectivity index (χ1) is 7.57. The summed E-state index contributed by atoms with van der Waals surface area (Å²) in [6.45, 7) is 5.47. The molecule has 0 N–H and O–H groups in total. The molecular formula is C11H14ClO3P. The van der Waals surface area contributed by atoms with E-state index in [-0.39, 0.29) is 5.41 Å². The number of hydrogen-bond acceptors (Lipinski definition) is 3. The van der Waals surface area contributed by atoms with Gasteiger partial charge in [-0.2, -0.15) is 0 Å². The number of para-hydroxylation sites is 1. The second kappa shape index (κ2) is 4.89. The summed E-state index contributed by atoms with van der Waals surface area (Å²) in [4.78, 5) is 0. The minimum absolute atomic E-state index is 0.0582. The number of hydrogen-bond donors (Lipinski definition) is 0. The summed E-state index contributed by atoms with van der Waals surface area (Å²) < 4.78 is 16.6. The Kier molecular flexibility index (Phi) is 3.70. The molecule has 1 aromatic carbocycles. The van der Waals surface area contributed by atoms with Crippen LogP contribution in [0.5, 0.6) is 5.75 Å². The lowest BCUT2D eigenvalue weighted by molar-refractivity contribution is 0.0427. The minimum atomic E-state index is -1.31. The maximum absolute atomic E-state index is 5.97. The highest BCUT2D eigenvalue weighted by Crippen LogP contribution is 2.48. The molecule has 0 aromatic heterocycles. The maximum Gasteiger partial charge on any atom is 0.397 e. The molecule has 2 rings (SSSR count). The van der Waals surface area contributed by atoms with Gasteiger partial charge in [0.1, 0.15) is 5.75 Å². The molecule has 88 valence electrons. The van der Waals surface area contributed by atoms with Crippen LogP contribution in [0.3, 0.4) is 0 Å². The van der Waals surface area contributed by atoms with Crippen molar-refractivity contribution in [2.75, 3.05) is 13.2 Å². The van der Waals surface area contributed by atoms with Gasteiger partial charge in [0.05, 0.1) is 18.2 Å². The monoisotopic (exact) mass is 260 g/mol. The predicted molar refractivity (Wildman–Crippen MR) is 64.7 cm³/mol. The van der Waals surface area contributed by atoms with Crippen LogP contribution in [0.4, 0.5) is 0 Å². The van der Waals surface area contributed by atoms with Crippen LogP contribution in [0, 0.1) is 5.41 Å². The molecule has 1 saturated heterocycles. The fourth-order valence-corrected chi connectivity index (χ4v) is 2.82. The van der Waals surface area contributed by atoms with E-state index < -0.39 is 8.60 Å². The van der Waals surface area contributed by atoms with Gasteiger partial charge >= 0.3 is 8.60 Å². The summed E-state index contributed by atoms with van der Waals surface area (Å²) in [5.74, 6) is 0.606. The highest BCUT2D eigenvalue weighted by atomic mass is 35.5. The summed E-state index contributed by atoms with van der Waals surface area (Å²) >= 11 is 5.97. The molecule has 3 nitrogen and oxygen atoms in total. The van der Waals surface area contributed by atoms with Crippen LogP contribution in [0.1, 0.15) is 13.8 Å². The quantitative estimate of drug-likeness (QED) is 0.752. The molecule has 0 radical (unpaired) electrons. The molecule has 5 heteroatoms. The van der Waals surface area contributed by atoms with Crippen LogP contribution in [0.2, 0.25) is 5.02 Å². The lowest BCUT2D eigenvalue weighted by Crippen LogP contribution is -2.29. The van der Waals surface area contributed by atoms with Gasteiger partial charge in [-0.1, -0.05) is 37.6 Å². The van der Waals surface area contributed by atoms with Gasteiger partial charge in [0.15, 0.2) is 0 Å². The minimum Gasteiger partial charge on any atom is -0.425 e. The maximum atomic E-state index is 5.97. The Labute approximate surface area is 102 Å². The van der Waals surface area contributed by atoms with E-state index in [1.807, 2.05) is 12.1 Å². The van der Waals surface area contributed by atoms with Crippen LogP contribution in [-0.4, -0.2) is 13.2 Å². The smallest absolute Gasteiger partial charge is 0.397 e. The van der Waals surface area contributed by atoms with E-state index >= 15 is 0 Å². The molecule has 0 atom stereocenters. The van der Waals surface area contributed by atoms with Crippen molar-refractivity contribution >= 4 is 20.2 Å². The molecule has 1 aliphatic rings. The van der Waals surface area contributed by atoms with Crippen molar-refractivity contribution in [2.45, 2.75) is 13.8 Å². The lowest BCUT2D eigenvalue weighted by atomic mass is 9.97. The standard InChI is InChI=1S/C11H14ClO3P/c1-11(2)7-13-16(14-8-11)15-10-6-4-3-5-9(10)12/h3-6H,7-8H2,1-2H3. The molecule has 1 heterocycles. The van der Waals surface area contributed by atoms with E-state index in [0.717, 1.165) is 0 Å². The first-order valence-electron chi connectivity index (χ1n) is 5.05. The van der Waals surface area contributed by atoms with Gasteiger partial charge in [0, 0.05) is 5.41 Å². The van der Waals surface area contributed by atoms with Crippen molar-refractivity contribution in [3.63, 3.8) is 0 Å². The topological polar surface area (TPSA) is 27.7 Å². The van der Waals surface area contributed by atoms with E-state index in [9.17, 15) is 0 Å². The zero-order chi connectivity index (χ0) is 11.6. The van der Waals surface area contributed by atoms with E-state index in [2.05, 4.69) is 13.8 Å². The Bertz CT molecular complexity index is 360. The molecule has 0 unspecified atom stereocenters. The molecule has 0 bridgehead atoms. The second-order valence-corrected chi connectivity index (χ2v) is 6.01. The van der Waals surface area contributed by atoms with Gasteiger partial charge < -0.3 is 13.6 Å². The number of rotatable bonds is 2. The van der Waals surface area contributed by atoms with Gasteiger partial charge in [0.2, 0.25) is 0 Å². The van der Waals surface area contributed by atoms with Crippen LogP contribution in [0.25, 0.3) is 0 Å². The molecule has 0 amide bonds. The zero-order valence-electron chi connectivity index (χ0n) is 9.27. The Morgan fingerprint density at radius 3 is 2.50 bits per heavy atom. The van der Waals surface area contributed by atoms with Crippen LogP contribution < -0.4 is 4.52 Å². The number of benzene rings is 1. The average molecular weight is 261 g/mol. The summed E-state index contributed by atoms with van der Waals surface area (Å²) in [6, 6.07) is 7.30. The Balaban J connectivity index is 1.95. The second-order valence-electron chi connectivity index (χ2n) is 4.46. The molecule has 0 spiro atoms. The average Bonchev–Trinajstić information content (AvgIpc) is 2.24. The third-order valence-electron chi connectivity index (χ3n) is 2.13. The third kappa shape index (κ3) is 3.08. The Morgan fingerprint density at radius 1 is 1.25 bits per heavy atom. The third-order valence-corrected chi connectivity index (χ3v) is 3.47. The normalized spacial score (nSPS) is 20.7. The predicted octanol–water partition coefficient (Wildman–Crippen LogP) is 4.02. The van der Waals surface area contributed by atoms with Crippen LogP contribution in [0.15, 0.2) is 24.3 Å². The van der Waals surface area contributed by atoms with E-state index in [4.69, 9.17) is 25.2 Å². The van der Waals surface area contributed by atoms with E-state index in [1.54, 1.807) is 12.1 Å². The van der Waals surface area contributed by atoms with Gasteiger partial charge in [0.25, 0.3) is 0 Å². The van der Waals surface area contributed by atoms with Crippen LogP contribution >= 0.6 is 20.2 Å². The molecular weight excluding hydrogens is 247 g/mol. The summed E-state index contributed by atoms with van der Waals surface area (Å²) in [6.07, 6.45) is 0. The zero-order valence-corrected chi connectivity index (χ0v) is 10.9. The fraction of sp³-hybridized carbons (Fsp3) is 0.455. The van der Waals surface area contributed by atoms with Crippen LogP contribution in [-0.2, 0) is 9.05 Å². The van der Waals surface area contributed by atoms with Gasteiger partial charge in [-0.05, 0) is 12.1 Å². The molecule has 0 aliphatic carbocycles. The highest BCUT2D eigenvalue weighted by Gasteiger charge is 2.31. The SMILES string of the molecule is CC1(C)COP(Oc2ccccc2Cl)OC1. The van der Waals surface area contributed by atoms with Crippen molar-refractivity contribution in [2.24, 2.45) is 5.41 Å². The van der Waals surface area contributed by atoms with Crippen molar-refractivity contribution < 1.29 is 13.6 Å². The van der Waals surface area contributed by atoms with Gasteiger partial charge in [-0.15, -0.1) is 0 Å². The lowest BCUT2D eigenvalue weighted by Gasteiger charge is -2.32. The molecule has 1 aliphatic heterocycles. The van der Waals surface area contributed by atoms with E-state index in [0.29, 0.717) is 24.0 Å². The van der Waals surface area contributed by atoms with Crippen molar-refractivity contribution in [1.82, 2.24) is 0 Å². The Hall–Kier alpha value is -0.340. The number of halogens is 1. The Morgan fingerprint density at radius 2 is 1.88 bits per heavy atom. The first kappa shape index (κ1) is 12.1. The summed E-state index contributed by atoms with van der Waals surface area (Å²) in [5, 5.41) is 0.571.